The molecule has 1 aliphatic heterocycles. The first-order valence-corrected chi connectivity index (χ1v) is 8.32. The van der Waals surface area contributed by atoms with Gasteiger partial charge in [-0.3, -0.25) is 4.79 Å². The lowest BCUT2D eigenvalue weighted by molar-refractivity contribution is 0.0757. The summed E-state index contributed by atoms with van der Waals surface area (Å²) >= 11 is 0. The van der Waals surface area contributed by atoms with Crippen LogP contribution in [0.5, 0.6) is 5.75 Å². The molecule has 2 amide bonds. The minimum absolute atomic E-state index is 0.0130. The van der Waals surface area contributed by atoms with Crippen LogP contribution in [0.3, 0.4) is 0 Å². The summed E-state index contributed by atoms with van der Waals surface area (Å²) in [4.78, 5) is 27.8. The zero-order valence-electron chi connectivity index (χ0n) is 14.9. The van der Waals surface area contributed by atoms with E-state index in [1.54, 1.807) is 15.9 Å². The number of methoxy groups -OCH3 is 1. The van der Waals surface area contributed by atoms with Crippen LogP contribution in [-0.2, 0) is 4.74 Å². The molecule has 0 bridgehead atoms. The summed E-state index contributed by atoms with van der Waals surface area (Å²) in [6.45, 7) is 8.14. The zero-order chi connectivity index (χ0) is 17.7. The molecule has 0 atom stereocenters. The van der Waals surface area contributed by atoms with Gasteiger partial charge in [0.05, 0.1) is 13.2 Å². The van der Waals surface area contributed by atoms with Crippen molar-refractivity contribution in [3.05, 3.63) is 29.3 Å². The molecule has 1 heterocycles. The first kappa shape index (κ1) is 18.1. The van der Waals surface area contributed by atoms with Crippen LogP contribution in [-0.4, -0.2) is 61.2 Å². The van der Waals surface area contributed by atoms with Gasteiger partial charge in [0.1, 0.15) is 5.75 Å². The largest absolute Gasteiger partial charge is 0.491 e. The number of benzene rings is 1. The van der Waals surface area contributed by atoms with Crippen LogP contribution in [0.4, 0.5) is 4.79 Å². The summed E-state index contributed by atoms with van der Waals surface area (Å²) < 4.78 is 10.5. The summed E-state index contributed by atoms with van der Waals surface area (Å²) in [7, 11) is 1.37. The Morgan fingerprint density at radius 3 is 2.38 bits per heavy atom. The average molecular weight is 334 g/mol. The van der Waals surface area contributed by atoms with E-state index in [0.29, 0.717) is 31.7 Å². The van der Waals surface area contributed by atoms with Crippen LogP contribution in [0.15, 0.2) is 18.2 Å². The lowest BCUT2D eigenvalue weighted by Crippen LogP contribution is -2.37. The maximum Gasteiger partial charge on any atom is 0.409 e. The molecule has 0 aliphatic carbocycles. The van der Waals surface area contributed by atoms with E-state index in [2.05, 4.69) is 0 Å². The van der Waals surface area contributed by atoms with E-state index < -0.39 is 0 Å². The molecule has 132 valence electrons. The molecule has 2 rings (SSSR count). The van der Waals surface area contributed by atoms with E-state index in [1.807, 2.05) is 32.9 Å². The Morgan fingerprint density at radius 1 is 1.08 bits per heavy atom. The Bertz CT molecular complexity index is 601. The van der Waals surface area contributed by atoms with Crippen molar-refractivity contribution in [3.8, 4) is 5.75 Å². The van der Waals surface area contributed by atoms with Crippen molar-refractivity contribution in [3.63, 3.8) is 0 Å². The first-order valence-electron chi connectivity index (χ1n) is 8.32. The summed E-state index contributed by atoms with van der Waals surface area (Å²) in [5.41, 5.74) is 1.59. The molecule has 24 heavy (non-hydrogen) atoms. The molecule has 6 heteroatoms. The lowest BCUT2D eigenvalue weighted by Gasteiger charge is -2.22. The molecular weight excluding hydrogens is 308 g/mol. The van der Waals surface area contributed by atoms with Gasteiger partial charge >= 0.3 is 6.09 Å². The second-order valence-electron chi connectivity index (χ2n) is 6.25. The molecule has 0 unspecified atom stereocenters. The molecule has 1 aromatic carbocycles. The fraction of sp³-hybridized carbons (Fsp3) is 0.556. The lowest BCUT2D eigenvalue weighted by atomic mass is 10.1. The van der Waals surface area contributed by atoms with Crippen molar-refractivity contribution in [1.82, 2.24) is 9.80 Å². The Morgan fingerprint density at radius 2 is 1.75 bits per heavy atom. The topological polar surface area (TPSA) is 59.1 Å². The van der Waals surface area contributed by atoms with Crippen LogP contribution in [0, 0.1) is 6.92 Å². The van der Waals surface area contributed by atoms with E-state index >= 15 is 0 Å². The van der Waals surface area contributed by atoms with Gasteiger partial charge in [-0.1, -0.05) is 0 Å². The van der Waals surface area contributed by atoms with Gasteiger partial charge in [0, 0.05) is 31.7 Å². The second-order valence-corrected chi connectivity index (χ2v) is 6.25. The minimum atomic E-state index is -0.338. The van der Waals surface area contributed by atoms with Crippen LogP contribution in [0.1, 0.15) is 36.2 Å². The normalized spacial score (nSPS) is 15.2. The highest BCUT2D eigenvalue weighted by Crippen LogP contribution is 2.21. The van der Waals surface area contributed by atoms with Crippen LogP contribution < -0.4 is 4.74 Å². The van der Waals surface area contributed by atoms with Gasteiger partial charge in [0.15, 0.2) is 0 Å². The third kappa shape index (κ3) is 4.40. The Hall–Kier alpha value is -2.24. The van der Waals surface area contributed by atoms with Crippen molar-refractivity contribution in [2.45, 2.75) is 33.3 Å². The van der Waals surface area contributed by atoms with Crippen LogP contribution >= 0.6 is 0 Å². The molecule has 1 fully saturated rings. The van der Waals surface area contributed by atoms with E-state index in [4.69, 9.17) is 9.47 Å². The highest BCUT2D eigenvalue weighted by atomic mass is 16.5. The number of rotatable bonds is 3. The number of amides is 2. The van der Waals surface area contributed by atoms with E-state index in [1.165, 1.54) is 7.11 Å². The number of hydrogen-bond acceptors (Lipinski definition) is 4. The fourth-order valence-electron chi connectivity index (χ4n) is 2.78. The molecule has 1 aliphatic rings. The van der Waals surface area contributed by atoms with Gasteiger partial charge in [-0.25, -0.2) is 4.79 Å². The third-order valence-electron chi connectivity index (χ3n) is 4.00. The fourth-order valence-corrected chi connectivity index (χ4v) is 2.78. The van der Waals surface area contributed by atoms with Crippen molar-refractivity contribution in [2.75, 3.05) is 33.3 Å². The van der Waals surface area contributed by atoms with Gasteiger partial charge in [0.25, 0.3) is 5.91 Å². The minimum Gasteiger partial charge on any atom is -0.491 e. The van der Waals surface area contributed by atoms with E-state index in [-0.39, 0.29) is 18.1 Å². The molecule has 0 saturated carbocycles. The van der Waals surface area contributed by atoms with Crippen molar-refractivity contribution in [2.24, 2.45) is 0 Å². The number of aryl methyl sites for hydroxylation is 1. The third-order valence-corrected chi connectivity index (χ3v) is 4.00. The molecule has 0 spiro atoms. The van der Waals surface area contributed by atoms with Gasteiger partial charge in [0.2, 0.25) is 0 Å². The Balaban J connectivity index is 2.06. The van der Waals surface area contributed by atoms with Gasteiger partial charge in [-0.05, 0) is 51.0 Å². The number of ether oxygens (including phenoxy) is 2. The number of nitrogens with zero attached hydrogens (tertiary/aromatic N) is 2. The molecule has 1 aromatic rings. The molecular formula is C18H26N2O4. The maximum atomic E-state index is 12.7. The van der Waals surface area contributed by atoms with Gasteiger partial charge in [-0.2, -0.15) is 0 Å². The second kappa shape index (κ2) is 8.04. The standard InChI is InChI=1S/C18H26N2O4/c1-13(2)24-16-7-6-15(12-14(16)3)17(21)19-8-5-9-20(11-10-19)18(22)23-4/h6-7,12-13H,5,8-11H2,1-4H3. The summed E-state index contributed by atoms with van der Waals surface area (Å²) in [5.74, 6) is 0.787. The Kier molecular flexibility index (Phi) is 6.06. The zero-order valence-corrected chi connectivity index (χ0v) is 14.9. The van der Waals surface area contributed by atoms with E-state index in [9.17, 15) is 9.59 Å². The molecule has 6 nitrogen and oxygen atoms in total. The average Bonchev–Trinajstić information content (AvgIpc) is 2.81. The van der Waals surface area contributed by atoms with Gasteiger partial charge in [-0.15, -0.1) is 0 Å². The van der Waals surface area contributed by atoms with Crippen molar-refractivity contribution >= 4 is 12.0 Å². The van der Waals surface area contributed by atoms with Gasteiger partial charge < -0.3 is 19.3 Å². The van der Waals surface area contributed by atoms with Crippen molar-refractivity contribution < 1.29 is 19.1 Å². The van der Waals surface area contributed by atoms with E-state index in [0.717, 1.165) is 17.7 Å². The molecule has 0 aromatic heterocycles. The predicted octanol–water partition coefficient (Wildman–Crippen LogP) is 2.70. The highest BCUT2D eigenvalue weighted by Gasteiger charge is 2.23. The highest BCUT2D eigenvalue weighted by molar-refractivity contribution is 5.94. The smallest absolute Gasteiger partial charge is 0.409 e. The predicted molar refractivity (Wildman–Crippen MR) is 91.4 cm³/mol. The van der Waals surface area contributed by atoms with Crippen LogP contribution in [0.2, 0.25) is 0 Å². The first-order chi connectivity index (χ1) is 11.4. The monoisotopic (exact) mass is 334 g/mol. The number of carbonyl (C=O) groups excluding carboxylic acids is 2. The maximum absolute atomic E-state index is 12.7. The van der Waals surface area contributed by atoms with Crippen molar-refractivity contribution in [1.29, 1.82) is 0 Å². The molecule has 0 radical (unpaired) electrons. The molecule has 0 N–H and O–H groups in total. The number of hydrogen-bond donors (Lipinski definition) is 0. The quantitative estimate of drug-likeness (QED) is 0.853. The SMILES string of the molecule is COC(=O)N1CCCN(C(=O)c2ccc(OC(C)C)c(C)c2)CC1. The summed E-state index contributed by atoms with van der Waals surface area (Å²) in [6, 6.07) is 5.51. The molecule has 1 saturated heterocycles. The van der Waals surface area contributed by atoms with Crippen LogP contribution in [0.25, 0.3) is 0 Å². The summed E-state index contributed by atoms with van der Waals surface area (Å²) in [6.07, 6.45) is 0.504. The summed E-state index contributed by atoms with van der Waals surface area (Å²) in [5, 5.41) is 0. The number of carbonyl (C=O) groups is 2. The Labute approximate surface area is 143 Å².